The van der Waals surface area contributed by atoms with E-state index in [4.69, 9.17) is 44.1 Å². The Labute approximate surface area is 474 Å². The van der Waals surface area contributed by atoms with E-state index in [0.29, 0.717) is 36.2 Å². The Morgan fingerprint density at radius 2 is 1.06 bits per heavy atom. The zero-order valence-corrected chi connectivity index (χ0v) is 46.9. The number of carbonyl (C=O) groups is 2. The van der Waals surface area contributed by atoms with E-state index in [-0.39, 0.29) is 35.8 Å². The van der Waals surface area contributed by atoms with E-state index < -0.39 is 62.8 Å². The van der Waals surface area contributed by atoms with Gasteiger partial charge in [-0.2, -0.15) is 14.8 Å². The van der Waals surface area contributed by atoms with Gasteiger partial charge in [0.1, 0.15) is 18.2 Å². The lowest BCUT2D eigenvalue weighted by Gasteiger charge is -2.41. The molecule has 0 unspecified atom stereocenters. The molecule has 2 aliphatic carbocycles. The van der Waals surface area contributed by atoms with Crippen LogP contribution in [0.1, 0.15) is 123 Å². The monoisotopic (exact) mass is 1170 g/mol. The zero-order chi connectivity index (χ0) is 56.3. The molecule has 4 aliphatic rings. The molecule has 412 valence electrons. The largest absolute Gasteiger partial charge is 0.306 e. The Morgan fingerprint density at radius 3 is 1.44 bits per heavy atom. The highest BCUT2D eigenvalue weighted by atomic mass is 35.7. The fourth-order valence-electron chi connectivity index (χ4n) is 10.0. The number of benzene rings is 4. The fourth-order valence-corrected chi connectivity index (χ4v) is 13.1. The third-order valence-electron chi connectivity index (χ3n) is 14.7. The van der Waals surface area contributed by atoms with Crippen molar-refractivity contribution in [3.05, 3.63) is 177 Å². The highest BCUT2D eigenvalue weighted by Gasteiger charge is 2.45. The number of sulfonamides is 1. The number of nitriles is 2. The molecule has 2 saturated carbocycles. The average Bonchev–Trinajstić information content (AvgIpc) is 3.43. The molecule has 0 bridgehead atoms. The second kappa shape index (κ2) is 26.7. The van der Waals surface area contributed by atoms with Crippen molar-refractivity contribution >= 4 is 76.1 Å². The lowest BCUT2D eigenvalue weighted by Crippen LogP contribution is -2.59. The Hall–Kier alpha value is -6.35. The van der Waals surface area contributed by atoms with Gasteiger partial charge < -0.3 is 15.1 Å². The van der Waals surface area contributed by atoms with Gasteiger partial charge in [0.25, 0.3) is 9.05 Å². The van der Waals surface area contributed by atoms with E-state index in [0.717, 1.165) is 65.8 Å². The van der Waals surface area contributed by atoms with Crippen LogP contribution in [0.15, 0.2) is 131 Å². The second-order valence-electron chi connectivity index (χ2n) is 19.8. The molecule has 2 aromatic heterocycles. The molecule has 0 spiro atoms. The van der Waals surface area contributed by atoms with Gasteiger partial charge in [-0.15, -0.1) is 0 Å². The quantitative estimate of drug-likeness (QED) is 0.108. The summed E-state index contributed by atoms with van der Waals surface area (Å²) >= 11 is 11.2. The first-order valence-corrected chi connectivity index (χ1v) is 30.6. The molecule has 21 heteroatoms. The third-order valence-corrected chi connectivity index (χ3v) is 18.4. The van der Waals surface area contributed by atoms with Gasteiger partial charge in [-0.1, -0.05) is 110 Å². The Kier molecular flexibility index (Phi) is 19.9. The van der Waals surface area contributed by atoms with Crippen LogP contribution in [0.3, 0.4) is 0 Å². The van der Waals surface area contributed by atoms with E-state index in [1.807, 2.05) is 71.9 Å². The number of nitrogens with zero attached hydrogens (tertiary/aromatic N) is 7. The van der Waals surface area contributed by atoms with Gasteiger partial charge in [0.05, 0.1) is 61.5 Å². The molecule has 2 amide bonds. The van der Waals surface area contributed by atoms with Gasteiger partial charge in [-0.25, -0.2) is 25.6 Å². The van der Waals surface area contributed by atoms with Crippen LogP contribution in [0.2, 0.25) is 10.0 Å². The number of rotatable bonds is 13. The van der Waals surface area contributed by atoms with Crippen LogP contribution in [-0.2, 0) is 41.8 Å². The predicted molar refractivity (Wildman–Crippen MR) is 299 cm³/mol. The molecule has 4 heterocycles. The number of para-hydroxylation sites is 2. The number of anilines is 2. The maximum Gasteiger partial charge on any atom is 0.261 e. The van der Waals surface area contributed by atoms with E-state index in [1.54, 1.807) is 23.1 Å². The van der Waals surface area contributed by atoms with E-state index >= 15 is 0 Å². The number of aromatic nitrogens is 2. The first kappa shape index (κ1) is 58.8. The SMILES string of the molecule is N#Cc1cc(S(=O)(=O)Cl)cc(Cl)c1F.N#Cc1cc(S(=O)(=O)N2CC[C@@H]2C(=O)N(Cc2ccc(C3CCCCC3)cn2)c2ccccc2)cc(Cl)c1F.O=C([C@H]1CCN1)N(Cc1ccc(C2CCCCC2)cn1)c1ccccc1. The maximum absolute atomic E-state index is 14.1. The molecule has 10 rings (SSSR count). The van der Waals surface area contributed by atoms with E-state index in [2.05, 4.69) is 28.5 Å². The Balaban J connectivity index is 0.000000176. The van der Waals surface area contributed by atoms with Gasteiger partial charge in [0, 0.05) is 41.0 Å². The topological polar surface area (TPSA) is 198 Å². The highest BCUT2D eigenvalue weighted by Crippen LogP contribution is 2.36. The molecule has 2 saturated heterocycles. The third kappa shape index (κ3) is 14.5. The van der Waals surface area contributed by atoms with Gasteiger partial charge in [-0.05, 0) is 129 Å². The van der Waals surface area contributed by atoms with Crippen molar-refractivity contribution in [2.24, 2.45) is 0 Å². The van der Waals surface area contributed by atoms with Gasteiger partial charge in [0.2, 0.25) is 21.8 Å². The van der Waals surface area contributed by atoms with E-state index in [1.165, 1.54) is 68.6 Å². The van der Waals surface area contributed by atoms with Crippen molar-refractivity contribution in [2.75, 3.05) is 22.9 Å². The van der Waals surface area contributed by atoms with Crippen LogP contribution < -0.4 is 15.1 Å². The smallest absolute Gasteiger partial charge is 0.261 e. The zero-order valence-electron chi connectivity index (χ0n) is 43.0. The normalized spacial score (nSPS) is 17.7. The lowest BCUT2D eigenvalue weighted by atomic mass is 9.85. The minimum atomic E-state index is -4.21. The summed E-state index contributed by atoms with van der Waals surface area (Å²) in [5.41, 5.74) is 4.83. The summed E-state index contributed by atoms with van der Waals surface area (Å²) in [7, 11) is -3.22. The van der Waals surface area contributed by atoms with Crippen LogP contribution in [0.5, 0.6) is 0 Å². The number of hydrogen-bond acceptors (Lipinski definition) is 11. The van der Waals surface area contributed by atoms with Crippen LogP contribution >= 0.6 is 33.9 Å². The Bertz CT molecular complexity index is 3430. The molecule has 4 fully saturated rings. The molecule has 6 aromatic rings. The summed E-state index contributed by atoms with van der Waals surface area (Å²) in [5, 5.41) is 19.9. The van der Waals surface area contributed by atoms with Crippen molar-refractivity contribution in [3.63, 3.8) is 0 Å². The molecule has 79 heavy (non-hydrogen) atoms. The summed E-state index contributed by atoms with van der Waals surface area (Å²) < 4.78 is 76.6. The predicted octanol–water partition coefficient (Wildman–Crippen LogP) is 12.1. The maximum atomic E-state index is 14.1. The molecule has 1 N–H and O–H groups in total. The lowest BCUT2D eigenvalue weighted by molar-refractivity contribution is -0.125. The second-order valence-corrected chi connectivity index (χ2v) is 25.0. The van der Waals surface area contributed by atoms with Crippen molar-refractivity contribution in [1.29, 1.82) is 10.5 Å². The van der Waals surface area contributed by atoms with Crippen LogP contribution in [-0.4, -0.2) is 68.1 Å². The fraction of sp³-hybridized carbons (Fsp3) is 0.345. The summed E-state index contributed by atoms with van der Waals surface area (Å²) in [6, 6.07) is 33.0. The molecular weight excluding hydrogens is 1110 g/mol. The summed E-state index contributed by atoms with van der Waals surface area (Å²) in [4.78, 5) is 38.7. The van der Waals surface area contributed by atoms with Crippen LogP contribution in [0.25, 0.3) is 0 Å². The van der Waals surface area contributed by atoms with Crippen molar-refractivity contribution in [1.82, 2.24) is 19.6 Å². The van der Waals surface area contributed by atoms with Crippen LogP contribution in [0.4, 0.5) is 20.2 Å². The van der Waals surface area contributed by atoms with Crippen molar-refractivity contribution in [3.8, 4) is 12.1 Å². The standard InChI is InChI=1S/C29H28ClFN4O3S.C22H27N3O.C7H2Cl2FNO2S/c30-26-16-25(15-22(17-32)28(26)31)39(37,38)35-14-13-27(35)29(36)34(24-9-5-2-6-10-24)19-23-12-11-21(18-33-23)20-7-3-1-4-8-20;26-22(21-13-14-23-21)25(20-9-5-2-6-10-20)16-19-12-11-18(15-24-19)17-7-3-1-4-8-17;8-6-2-5(14(9,12)13)1-4(3-11)7(6)10/h2,5-6,9-12,15-16,18,20,27H,1,3-4,7-8,13-14,19H2;2,5-6,9-12,15,17,21,23H,1,3-4,7-8,13-14,16H2;1-2H/t27-;21-;/m11./s1. The number of carbonyl (C=O) groups excluding carboxylic acids is 2. The Morgan fingerprint density at radius 1 is 0.620 bits per heavy atom. The highest BCUT2D eigenvalue weighted by molar-refractivity contribution is 8.13. The van der Waals surface area contributed by atoms with E-state index in [9.17, 15) is 40.5 Å². The van der Waals surface area contributed by atoms with Gasteiger partial charge >= 0.3 is 0 Å². The molecular formula is C58H57Cl3F2N8O6S2. The number of halogens is 5. The van der Waals surface area contributed by atoms with Crippen molar-refractivity contribution < 1.29 is 35.2 Å². The molecule has 2 atom stereocenters. The average molecular weight is 1170 g/mol. The number of amides is 2. The van der Waals surface area contributed by atoms with Gasteiger partial charge in [-0.3, -0.25) is 19.6 Å². The first-order valence-electron chi connectivity index (χ1n) is 26.1. The molecule has 2 aliphatic heterocycles. The minimum Gasteiger partial charge on any atom is -0.306 e. The summed E-state index contributed by atoms with van der Waals surface area (Å²) in [6.07, 6.45) is 17.8. The van der Waals surface area contributed by atoms with Gasteiger partial charge in [0.15, 0.2) is 11.6 Å². The van der Waals surface area contributed by atoms with Crippen molar-refractivity contribution in [2.45, 2.75) is 124 Å². The summed E-state index contributed by atoms with van der Waals surface area (Å²) in [5.74, 6) is -1.01. The number of nitrogens with one attached hydrogen (secondary N) is 1. The number of pyridine rings is 2. The minimum absolute atomic E-state index is 0.0586. The van der Waals surface area contributed by atoms with Crippen LogP contribution in [0, 0.1) is 34.3 Å². The molecule has 14 nitrogen and oxygen atoms in total. The summed E-state index contributed by atoms with van der Waals surface area (Å²) in [6.45, 7) is 1.74. The first-order chi connectivity index (χ1) is 38.0. The molecule has 4 aromatic carbocycles. The number of hydrogen-bond donors (Lipinski definition) is 1. The molecule has 0 radical (unpaired) electrons.